The van der Waals surface area contributed by atoms with Gasteiger partial charge in [0.05, 0.1) is 11.7 Å². The van der Waals surface area contributed by atoms with Crippen LogP contribution >= 0.6 is 0 Å². The summed E-state index contributed by atoms with van der Waals surface area (Å²) >= 11 is 0. The lowest BCUT2D eigenvalue weighted by Crippen LogP contribution is -2.40. The van der Waals surface area contributed by atoms with Gasteiger partial charge in [-0.25, -0.2) is 0 Å². The fourth-order valence-corrected chi connectivity index (χ4v) is 2.64. The summed E-state index contributed by atoms with van der Waals surface area (Å²) in [6.45, 7) is 3.83. The summed E-state index contributed by atoms with van der Waals surface area (Å²) in [4.78, 5) is 13.7. The molecule has 0 saturated heterocycles. The van der Waals surface area contributed by atoms with Crippen molar-refractivity contribution < 1.29 is 14.6 Å². The Morgan fingerprint density at radius 3 is 2.33 bits per heavy atom. The third kappa shape index (κ3) is 5.36. The van der Waals surface area contributed by atoms with Crippen molar-refractivity contribution in [2.75, 3.05) is 20.7 Å². The molecule has 0 bridgehead atoms. The molecule has 0 aromatic rings. The molecule has 0 aliphatic heterocycles. The predicted molar refractivity (Wildman–Crippen MR) is 71.3 cm³/mol. The van der Waals surface area contributed by atoms with Gasteiger partial charge in [0.15, 0.2) is 0 Å². The van der Waals surface area contributed by atoms with E-state index in [2.05, 4.69) is 0 Å². The second-order valence-electron chi connectivity index (χ2n) is 6.14. The Morgan fingerprint density at radius 1 is 1.33 bits per heavy atom. The summed E-state index contributed by atoms with van der Waals surface area (Å²) in [5, 5.41) is 9.70. The normalized spacial score (nSPS) is 24.9. The van der Waals surface area contributed by atoms with Crippen LogP contribution in [0.15, 0.2) is 0 Å². The van der Waals surface area contributed by atoms with E-state index in [1.807, 2.05) is 0 Å². The summed E-state index contributed by atoms with van der Waals surface area (Å²) in [5.74, 6) is 0.617. The molecular weight excluding hydrogens is 230 g/mol. The Balaban J connectivity index is 2.32. The lowest BCUT2D eigenvalue weighted by Gasteiger charge is -2.30. The number of rotatable bonds is 5. The first-order chi connectivity index (χ1) is 8.31. The van der Waals surface area contributed by atoms with Crippen LogP contribution in [-0.2, 0) is 9.53 Å². The number of aliphatic hydroxyl groups is 1. The number of nitrogens with zero attached hydrogens (tertiary/aromatic N) is 1. The van der Waals surface area contributed by atoms with Gasteiger partial charge in [0.25, 0.3) is 0 Å². The first kappa shape index (κ1) is 15.4. The Labute approximate surface area is 110 Å². The monoisotopic (exact) mass is 257 g/mol. The van der Waals surface area contributed by atoms with Gasteiger partial charge in [0.1, 0.15) is 0 Å². The molecule has 1 amide bonds. The van der Waals surface area contributed by atoms with Gasteiger partial charge in [0, 0.05) is 27.1 Å². The first-order valence-electron chi connectivity index (χ1n) is 6.81. The molecule has 0 atom stereocenters. The number of ether oxygens (including phenoxy) is 1. The summed E-state index contributed by atoms with van der Waals surface area (Å²) in [6.07, 6.45) is 5.24. The average Bonchev–Trinajstić information content (AvgIpc) is 2.27. The van der Waals surface area contributed by atoms with Crippen molar-refractivity contribution in [3.63, 3.8) is 0 Å². The maximum Gasteiger partial charge on any atom is 0.222 e. The fourth-order valence-electron chi connectivity index (χ4n) is 2.64. The Kier molecular flexibility index (Phi) is 5.60. The van der Waals surface area contributed by atoms with Crippen molar-refractivity contribution in [2.24, 2.45) is 5.92 Å². The number of methoxy groups -OCH3 is 1. The fraction of sp³-hybridized carbons (Fsp3) is 0.929. The van der Waals surface area contributed by atoms with E-state index >= 15 is 0 Å². The van der Waals surface area contributed by atoms with Gasteiger partial charge < -0.3 is 14.7 Å². The van der Waals surface area contributed by atoms with Gasteiger partial charge >= 0.3 is 0 Å². The van der Waals surface area contributed by atoms with Crippen LogP contribution in [0.1, 0.15) is 46.0 Å². The largest absolute Gasteiger partial charge is 0.389 e. The zero-order valence-corrected chi connectivity index (χ0v) is 12.1. The van der Waals surface area contributed by atoms with E-state index in [1.54, 1.807) is 32.9 Å². The van der Waals surface area contributed by atoms with Gasteiger partial charge in [-0.3, -0.25) is 4.79 Å². The number of hydrogen-bond donors (Lipinski definition) is 1. The molecule has 0 unspecified atom stereocenters. The number of hydrogen-bond acceptors (Lipinski definition) is 3. The zero-order chi connectivity index (χ0) is 13.8. The molecule has 0 aromatic heterocycles. The standard InChI is InChI=1S/C14H27NO3/c1-14(2,17)10-15(3)13(16)9-11-5-7-12(18-4)8-6-11/h11-12,17H,5-10H2,1-4H3. The zero-order valence-electron chi connectivity index (χ0n) is 12.1. The van der Waals surface area contributed by atoms with Gasteiger partial charge in [0.2, 0.25) is 5.91 Å². The third-order valence-electron chi connectivity index (χ3n) is 3.64. The van der Waals surface area contributed by atoms with E-state index in [1.165, 1.54) is 0 Å². The minimum Gasteiger partial charge on any atom is -0.389 e. The number of carbonyl (C=O) groups excluding carboxylic acids is 1. The molecular formula is C14H27NO3. The summed E-state index contributed by atoms with van der Waals surface area (Å²) < 4.78 is 5.33. The highest BCUT2D eigenvalue weighted by molar-refractivity contribution is 5.76. The molecule has 1 N–H and O–H groups in total. The Bertz CT molecular complexity index is 265. The maximum atomic E-state index is 12.0. The van der Waals surface area contributed by atoms with E-state index in [4.69, 9.17) is 4.74 Å². The van der Waals surface area contributed by atoms with Crippen LogP contribution in [0.3, 0.4) is 0 Å². The molecule has 4 nitrogen and oxygen atoms in total. The third-order valence-corrected chi connectivity index (χ3v) is 3.64. The molecule has 0 heterocycles. The maximum absolute atomic E-state index is 12.0. The molecule has 0 aromatic carbocycles. The van der Waals surface area contributed by atoms with E-state index in [0.717, 1.165) is 25.7 Å². The molecule has 0 radical (unpaired) electrons. The number of likely N-dealkylation sites (N-methyl/N-ethyl adjacent to an activating group) is 1. The van der Waals surface area contributed by atoms with Crippen LogP contribution in [0.4, 0.5) is 0 Å². The Hall–Kier alpha value is -0.610. The van der Waals surface area contributed by atoms with Crippen molar-refractivity contribution >= 4 is 5.91 Å². The highest BCUT2D eigenvalue weighted by Gasteiger charge is 2.25. The summed E-state index contributed by atoms with van der Waals surface area (Å²) in [5.41, 5.74) is -0.821. The van der Waals surface area contributed by atoms with Gasteiger partial charge in [-0.05, 0) is 45.4 Å². The van der Waals surface area contributed by atoms with Gasteiger partial charge in [-0.2, -0.15) is 0 Å². The molecule has 1 saturated carbocycles. The van der Waals surface area contributed by atoms with Crippen LogP contribution in [0.25, 0.3) is 0 Å². The van der Waals surface area contributed by atoms with E-state index in [-0.39, 0.29) is 5.91 Å². The topological polar surface area (TPSA) is 49.8 Å². The van der Waals surface area contributed by atoms with Crippen molar-refractivity contribution in [3.05, 3.63) is 0 Å². The summed E-state index contributed by atoms with van der Waals surface area (Å²) in [7, 11) is 3.52. The van der Waals surface area contributed by atoms with Crippen LogP contribution in [-0.4, -0.2) is 48.3 Å². The molecule has 0 spiro atoms. The second kappa shape index (κ2) is 6.53. The van der Waals surface area contributed by atoms with E-state index < -0.39 is 5.60 Å². The molecule has 1 rings (SSSR count). The van der Waals surface area contributed by atoms with Crippen molar-refractivity contribution in [1.29, 1.82) is 0 Å². The lowest BCUT2D eigenvalue weighted by atomic mass is 9.85. The average molecular weight is 257 g/mol. The van der Waals surface area contributed by atoms with Crippen LogP contribution < -0.4 is 0 Å². The molecule has 4 heteroatoms. The SMILES string of the molecule is COC1CCC(CC(=O)N(C)CC(C)(C)O)CC1. The highest BCUT2D eigenvalue weighted by atomic mass is 16.5. The molecule has 1 aliphatic carbocycles. The summed E-state index contributed by atoms with van der Waals surface area (Å²) in [6, 6.07) is 0. The van der Waals surface area contributed by atoms with Crippen LogP contribution in [0.5, 0.6) is 0 Å². The van der Waals surface area contributed by atoms with Crippen molar-refractivity contribution in [3.8, 4) is 0 Å². The lowest BCUT2D eigenvalue weighted by molar-refractivity contribution is -0.134. The van der Waals surface area contributed by atoms with Crippen LogP contribution in [0.2, 0.25) is 0 Å². The molecule has 18 heavy (non-hydrogen) atoms. The minimum absolute atomic E-state index is 0.137. The smallest absolute Gasteiger partial charge is 0.222 e. The van der Waals surface area contributed by atoms with Gasteiger partial charge in [-0.1, -0.05) is 0 Å². The minimum atomic E-state index is -0.821. The van der Waals surface area contributed by atoms with E-state index in [0.29, 0.717) is 25.0 Å². The first-order valence-corrected chi connectivity index (χ1v) is 6.81. The van der Waals surface area contributed by atoms with Crippen LogP contribution in [0, 0.1) is 5.92 Å². The Morgan fingerprint density at radius 2 is 1.89 bits per heavy atom. The molecule has 1 fully saturated rings. The molecule has 106 valence electrons. The van der Waals surface area contributed by atoms with Crippen molar-refractivity contribution in [2.45, 2.75) is 57.7 Å². The van der Waals surface area contributed by atoms with E-state index in [9.17, 15) is 9.90 Å². The highest BCUT2D eigenvalue weighted by Crippen LogP contribution is 2.28. The van der Waals surface area contributed by atoms with Crippen molar-refractivity contribution in [1.82, 2.24) is 4.90 Å². The second-order valence-corrected chi connectivity index (χ2v) is 6.14. The predicted octanol–water partition coefficient (Wildman–Crippen LogP) is 1.81. The quantitative estimate of drug-likeness (QED) is 0.817. The number of amides is 1. The number of carbonyl (C=O) groups is 1. The molecule has 1 aliphatic rings. The van der Waals surface area contributed by atoms with Gasteiger partial charge in [-0.15, -0.1) is 0 Å².